The Bertz CT molecular complexity index is 464. The van der Waals surface area contributed by atoms with Crippen molar-refractivity contribution in [2.24, 2.45) is 0 Å². The van der Waals surface area contributed by atoms with Gasteiger partial charge in [-0.15, -0.1) is 0 Å². The van der Waals surface area contributed by atoms with Crippen molar-refractivity contribution >= 4 is 0 Å². The van der Waals surface area contributed by atoms with Gasteiger partial charge in [-0.05, 0) is 31.0 Å². The van der Waals surface area contributed by atoms with Crippen LogP contribution in [0.3, 0.4) is 0 Å². The van der Waals surface area contributed by atoms with Crippen molar-refractivity contribution in [3.63, 3.8) is 0 Å². The second-order valence-electron chi connectivity index (χ2n) is 4.46. The summed E-state index contributed by atoms with van der Waals surface area (Å²) in [5, 5.41) is 12.7. The van der Waals surface area contributed by atoms with E-state index in [0.29, 0.717) is 6.54 Å². The van der Waals surface area contributed by atoms with Crippen LogP contribution in [0.25, 0.3) is 0 Å². The summed E-state index contributed by atoms with van der Waals surface area (Å²) in [4.78, 5) is 0. The lowest BCUT2D eigenvalue weighted by molar-refractivity contribution is 0.238. The van der Waals surface area contributed by atoms with E-state index in [4.69, 9.17) is 4.42 Å². The monoisotopic (exact) mass is 245 g/mol. The van der Waals surface area contributed by atoms with Gasteiger partial charge in [-0.2, -0.15) is 0 Å². The normalized spacial score (nSPS) is 12.6. The number of benzene rings is 1. The zero-order chi connectivity index (χ0) is 12.8. The molecule has 0 saturated heterocycles. The Hall–Kier alpha value is -1.58. The lowest BCUT2D eigenvalue weighted by atomic mass is 10.1. The third kappa shape index (κ3) is 3.72. The van der Waals surface area contributed by atoms with Crippen molar-refractivity contribution in [2.75, 3.05) is 6.61 Å². The van der Waals surface area contributed by atoms with Gasteiger partial charge in [-0.1, -0.05) is 30.3 Å². The van der Waals surface area contributed by atoms with E-state index in [9.17, 15) is 5.11 Å². The van der Waals surface area contributed by atoms with Crippen LogP contribution in [0.1, 0.15) is 17.1 Å². The molecular formula is C15H19NO2. The van der Waals surface area contributed by atoms with Crippen molar-refractivity contribution in [1.29, 1.82) is 0 Å². The highest BCUT2D eigenvalue weighted by Crippen LogP contribution is 2.07. The first kappa shape index (κ1) is 12.9. The van der Waals surface area contributed by atoms with Crippen molar-refractivity contribution in [1.82, 2.24) is 5.32 Å². The summed E-state index contributed by atoms with van der Waals surface area (Å²) in [5.41, 5.74) is 1.22. The topological polar surface area (TPSA) is 45.4 Å². The maximum Gasteiger partial charge on any atom is 0.117 e. The Kier molecular flexibility index (Phi) is 4.56. The number of furan rings is 1. The predicted molar refractivity (Wildman–Crippen MR) is 71.3 cm³/mol. The van der Waals surface area contributed by atoms with Gasteiger partial charge in [0.25, 0.3) is 0 Å². The summed E-state index contributed by atoms with van der Waals surface area (Å²) in [6.07, 6.45) is 0.816. The highest BCUT2D eigenvalue weighted by molar-refractivity contribution is 5.16. The SMILES string of the molecule is Cc1ccc(CNC(CO)Cc2ccccc2)o1. The van der Waals surface area contributed by atoms with Crippen molar-refractivity contribution < 1.29 is 9.52 Å². The minimum Gasteiger partial charge on any atom is -0.465 e. The third-order valence-electron chi connectivity index (χ3n) is 2.91. The summed E-state index contributed by atoms with van der Waals surface area (Å²) in [7, 11) is 0. The van der Waals surface area contributed by atoms with Gasteiger partial charge in [0.2, 0.25) is 0 Å². The number of aliphatic hydroxyl groups is 1. The zero-order valence-corrected chi connectivity index (χ0v) is 10.6. The first-order valence-electron chi connectivity index (χ1n) is 6.21. The molecule has 1 aromatic heterocycles. The molecule has 18 heavy (non-hydrogen) atoms. The minimum absolute atomic E-state index is 0.0535. The second kappa shape index (κ2) is 6.38. The fourth-order valence-electron chi connectivity index (χ4n) is 1.92. The third-order valence-corrected chi connectivity index (χ3v) is 2.91. The summed E-state index contributed by atoms with van der Waals surface area (Å²) < 4.78 is 5.48. The molecule has 0 saturated carbocycles. The molecule has 0 amide bonds. The van der Waals surface area contributed by atoms with Crippen molar-refractivity contribution in [3.05, 3.63) is 59.5 Å². The van der Waals surface area contributed by atoms with Gasteiger partial charge in [0.1, 0.15) is 11.5 Å². The van der Waals surface area contributed by atoms with E-state index in [2.05, 4.69) is 17.4 Å². The Morgan fingerprint density at radius 2 is 1.94 bits per heavy atom. The molecule has 0 aliphatic heterocycles. The maximum absolute atomic E-state index is 9.38. The molecule has 0 aliphatic carbocycles. The lowest BCUT2D eigenvalue weighted by Gasteiger charge is -2.15. The van der Waals surface area contributed by atoms with E-state index in [1.54, 1.807) is 0 Å². The minimum atomic E-state index is 0.0535. The van der Waals surface area contributed by atoms with Crippen LogP contribution < -0.4 is 5.32 Å². The average Bonchev–Trinajstić information content (AvgIpc) is 2.81. The number of hydrogen-bond donors (Lipinski definition) is 2. The van der Waals surface area contributed by atoms with Crippen LogP contribution in [-0.2, 0) is 13.0 Å². The molecule has 3 nitrogen and oxygen atoms in total. The second-order valence-corrected chi connectivity index (χ2v) is 4.46. The van der Waals surface area contributed by atoms with Gasteiger partial charge in [0.15, 0.2) is 0 Å². The fourth-order valence-corrected chi connectivity index (χ4v) is 1.92. The molecule has 0 fully saturated rings. The molecule has 0 radical (unpaired) electrons. The summed E-state index contributed by atoms with van der Waals surface area (Å²) >= 11 is 0. The van der Waals surface area contributed by atoms with Gasteiger partial charge >= 0.3 is 0 Å². The van der Waals surface area contributed by atoms with Crippen LogP contribution in [0.2, 0.25) is 0 Å². The smallest absolute Gasteiger partial charge is 0.117 e. The quantitative estimate of drug-likeness (QED) is 0.820. The summed E-state index contributed by atoms with van der Waals surface area (Å²) in [6, 6.07) is 14.1. The Morgan fingerprint density at radius 3 is 2.56 bits per heavy atom. The van der Waals surface area contributed by atoms with E-state index < -0.39 is 0 Å². The molecule has 1 heterocycles. The van der Waals surface area contributed by atoms with E-state index in [-0.39, 0.29) is 12.6 Å². The molecule has 1 atom stereocenters. The van der Waals surface area contributed by atoms with Crippen molar-refractivity contribution in [2.45, 2.75) is 25.9 Å². The first-order valence-corrected chi connectivity index (χ1v) is 6.21. The van der Waals surface area contributed by atoms with E-state index in [1.165, 1.54) is 5.56 Å². The highest BCUT2D eigenvalue weighted by atomic mass is 16.3. The average molecular weight is 245 g/mol. The molecule has 0 aliphatic rings. The molecule has 1 unspecified atom stereocenters. The van der Waals surface area contributed by atoms with Crippen LogP contribution in [0.4, 0.5) is 0 Å². The zero-order valence-electron chi connectivity index (χ0n) is 10.6. The van der Waals surface area contributed by atoms with Crippen LogP contribution in [0.15, 0.2) is 46.9 Å². The number of nitrogens with one attached hydrogen (secondary N) is 1. The molecule has 96 valence electrons. The van der Waals surface area contributed by atoms with Crippen LogP contribution in [0.5, 0.6) is 0 Å². The molecule has 0 spiro atoms. The first-order chi connectivity index (χ1) is 8.78. The number of hydrogen-bond acceptors (Lipinski definition) is 3. The van der Waals surface area contributed by atoms with Crippen molar-refractivity contribution in [3.8, 4) is 0 Å². The largest absolute Gasteiger partial charge is 0.465 e. The summed E-state index contributed by atoms with van der Waals surface area (Å²) in [6.45, 7) is 2.69. The molecule has 0 bridgehead atoms. The van der Waals surface area contributed by atoms with Crippen LogP contribution in [0, 0.1) is 6.92 Å². The van der Waals surface area contributed by atoms with E-state index >= 15 is 0 Å². The molecule has 3 heteroatoms. The van der Waals surface area contributed by atoms with E-state index in [1.807, 2.05) is 37.3 Å². The molecule has 1 aromatic carbocycles. The Balaban J connectivity index is 1.86. The number of rotatable bonds is 6. The van der Waals surface area contributed by atoms with Gasteiger partial charge in [0, 0.05) is 6.04 Å². The van der Waals surface area contributed by atoms with Gasteiger partial charge in [-0.3, -0.25) is 0 Å². The Morgan fingerprint density at radius 1 is 1.17 bits per heavy atom. The van der Waals surface area contributed by atoms with Crippen LogP contribution in [-0.4, -0.2) is 17.8 Å². The van der Waals surface area contributed by atoms with Crippen LogP contribution >= 0.6 is 0 Å². The lowest BCUT2D eigenvalue weighted by Crippen LogP contribution is -2.33. The maximum atomic E-state index is 9.38. The molecule has 2 N–H and O–H groups in total. The Labute approximate surface area is 107 Å². The fraction of sp³-hybridized carbons (Fsp3) is 0.333. The number of aryl methyl sites for hydroxylation is 1. The standard InChI is InChI=1S/C15H19NO2/c1-12-7-8-15(18-12)10-16-14(11-17)9-13-5-3-2-4-6-13/h2-8,14,16-17H,9-11H2,1H3. The predicted octanol–water partition coefficient (Wildman–Crippen LogP) is 2.28. The summed E-state index contributed by atoms with van der Waals surface area (Å²) in [5.74, 6) is 1.81. The van der Waals surface area contributed by atoms with Gasteiger partial charge < -0.3 is 14.8 Å². The molecular weight excluding hydrogens is 226 g/mol. The molecule has 2 aromatic rings. The van der Waals surface area contributed by atoms with E-state index in [0.717, 1.165) is 17.9 Å². The van der Waals surface area contributed by atoms with Gasteiger partial charge in [-0.25, -0.2) is 0 Å². The van der Waals surface area contributed by atoms with Gasteiger partial charge in [0.05, 0.1) is 13.2 Å². The number of aliphatic hydroxyl groups excluding tert-OH is 1. The molecule has 2 rings (SSSR count). The highest BCUT2D eigenvalue weighted by Gasteiger charge is 2.08.